The molecule has 0 aliphatic carbocycles. The summed E-state index contributed by atoms with van der Waals surface area (Å²) in [6.07, 6.45) is -1.26. The van der Waals surface area contributed by atoms with Crippen molar-refractivity contribution in [3.8, 4) is 17.2 Å². The second-order valence-electron chi connectivity index (χ2n) is 6.10. The summed E-state index contributed by atoms with van der Waals surface area (Å²) in [6.45, 7) is 0. The van der Waals surface area contributed by atoms with Crippen LogP contribution in [0.3, 0.4) is 0 Å². The van der Waals surface area contributed by atoms with E-state index in [9.17, 15) is 14.3 Å². The van der Waals surface area contributed by atoms with Gasteiger partial charge in [-0.2, -0.15) is 0 Å². The zero-order valence-electron chi connectivity index (χ0n) is 15.3. The van der Waals surface area contributed by atoms with Gasteiger partial charge in [0.05, 0.1) is 19.6 Å². The van der Waals surface area contributed by atoms with Crippen LogP contribution < -0.4 is 14.8 Å². The monoisotopic (exact) mass is 381 g/mol. The van der Waals surface area contributed by atoms with Crippen LogP contribution >= 0.6 is 0 Å². The third-order valence-electron chi connectivity index (χ3n) is 4.05. The fourth-order valence-electron chi connectivity index (χ4n) is 2.66. The molecule has 3 rings (SSSR count). The van der Waals surface area contributed by atoms with Gasteiger partial charge in [0.2, 0.25) is 5.91 Å². The molecule has 0 saturated heterocycles. The second kappa shape index (κ2) is 9.01. The molecule has 0 bridgehead atoms. The first-order chi connectivity index (χ1) is 13.5. The number of hydrogen-bond donors (Lipinski definition) is 2. The molecule has 144 valence electrons. The molecule has 6 heteroatoms. The van der Waals surface area contributed by atoms with Crippen molar-refractivity contribution in [2.45, 2.75) is 12.5 Å². The van der Waals surface area contributed by atoms with Crippen LogP contribution in [0.4, 0.5) is 10.1 Å². The first-order valence-corrected chi connectivity index (χ1v) is 8.69. The quantitative estimate of drug-likeness (QED) is 0.623. The van der Waals surface area contributed by atoms with Gasteiger partial charge in [-0.15, -0.1) is 0 Å². The number of ether oxygens (including phenoxy) is 2. The van der Waals surface area contributed by atoms with E-state index in [1.807, 2.05) is 12.1 Å². The maximum Gasteiger partial charge on any atom is 0.227 e. The van der Waals surface area contributed by atoms with Crippen molar-refractivity contribution in [3.05, 3.63) is 84.2 Å². The number of carbonyl (C=O) groups excluding carboxylic acids is 1. The Morgan fingerprint density at radius 2 is 1.75 bits per heavy atom. The van der Waals surface area contributed by atoms with E-state index < -0.39 is 11.9 Å². The summed E-state index contributed by atoms with van der Waals surface area (Å²) < 4.78 is 24.2. The fourth-order valence-corrected chi connectivity index (χ4v) is 2.66. The Balaban J connectivity index is 1.58. The molecule has 0 aliphatic rings. The number of aliphatic hydroxyl groups is 1. The number of aliphatic hydroxyl groups excluding tert-OH is 1. The third kappa shape index (κ3) is 5.08. The van der Waals surface area contributed by atoms with E-state index >= 15 is 0 Å². The van der Waals surface area contributed by atoms with Crippen LogP contribution in [0.15, 0.2) is 72.8 Å². The lowest BCUT2D eigenvalue weighted by Gasteiger charge is -2.12. The minimum Gasteiger partial charge on any atom is -0.493 e. The Morgan fingerprint density at radius 3 is 2.43 bits per heavy atom. The first kappa shape index (κ1) is 19.4. The van der Waals surface area contributed by atoms with E-state index in [4.69, 9.17) is 9.47 Å². The van der Waals surface area contributed by atoms with E-state index in [-0.39, 0.29) is 12.3 Å². The van der Waals surface area contributed by atoms with Gasteiger partial charge in [0.1, 0.15) is 11.6 Å². The van der Waals surface area contributed by atoms with Crippen molar-refractivity contribution < 1.29 is 23.8 Å². The number of nitrogens with one attached hydrogen (secondary N) is 1. The number of hydrogen-bond acceptors (Lipinski definition) is 4. The lowest BCUT2D eigenvalue weighted by Crippen LogP contribution is -2.15. The van der Waals surface area contributed by atoms with Crippen LogP contribution in [0.2, 0.25) is 0 Å². The summed E-state index contributed by atoms with van der Waals surface area (Å²) in [5.74, 6) is 0.950. The van der Waals surface area contributed by atoms with Gasteiger partial charge in [0, 0.05) is 5.69 Å². The minimum atomic E-state index is -1.08. The smallest absolute Gasteiger partial charge is 0.227 e. The highest BCUT2D eigenvalue weighted by Crippen LogP contribution is 2.31. The molecule has 3 aromatic carbocycles. The molecule has 0 fully saturated rings. The Bertz CT molecular complexity index is 943. The van der Waals surface area contributed by atoms with Crippen molar-refractivity contribution in [2.75, 3.05) is 12.4 Å². The number of rotatable bonds is 7. The summed E-state index contributed by atoms with van der Waals surface area (Å²) in [4.78, 5) is 12.1. The van der Waals surface area contributed by atoms with Crippen molar-refractivity contribution in [1.29, 1.82) is 0 Å². The highest BCUT2D eigenvalue weighted by Gasteiger charge is 2.14. The highest BCUT2D eigenvalue weighted by atomic mass is 19.1. The van der Waals surface area contributed by atoms with Gasteiger partial charge in [0.15, 0.2) is 11.5 Å². The van der Waals surface area contributed by atoms with E-state index in [1.165, 1.54) is 18.2 Å². The van der Waals surface area contributed by atoms with Crippen LogP contribution in [0.1, 0.15) is 18.1 Å². The van der Waals surface area contributed by atoms with Gasteiger partial charge in [-0.05, 0) is 54.1 Å². The van der Waals surface area contributed by atoms with E-state index in [1.54, 1.807) is 49.6 Å². The molecule has 1 amide bonds. The van der Waals surface area contributed by atoms with Crippen molar-refractivity contribution in [3.63, 3.8) is 0 Å². The Kier molecular flexibility index (Phi) is 6.24. The molecule has 0 spiro atoms. The molecule has 0 unspecified atom stereocenters. The van der Waals surface area contributed by atoms with E-state index in [0.29, 0.717) is 28.5 Å². The Labute approximate surface area is 162 Å². The molecule has 0 aromatic heterocycles. The summed E-state index contributed by atoms with van der Waals surface area (Å²) >= 11 is 0. The highest BCUT2D eigenvalue weighted by molar-refractivity contribution is 5.91. The molecule has 0 aliphatic heterocycles. The molecule has 1 atom stereocenters. The molecular weight excluding hydrogens is 361 g/mol. The topological polar surface area (TPSA) is 67.8 Å². The summed E-state index contributed by atoms with van der Waals surface area (Å²) in [5, 5.41) is 12.8. The van der Waals surface area contributed by atoms with Crippen LogP contribution in [0.25, 0.3) is 0 Å². The van der Waals surface area contributed by atoms with Crippen LogP contribution in [0, 0.1) is 5.82 Å². The van der Waals surface area contributed by atoms with E-state index in [0.717, 1.165) is 0 Å². The summed E-state index contributed by atoms with van der Waals surface area (Å²) in [5.41, 5.74) is 0.916. The molecule has 3 aromatic rings. The molecule has 28 heavy (non-hydrogen) atoms. The van der Waals surface area contributed by atoms with Crippen molar-refractivity contribution >= 4 is 11.6 Å². The number of amides is 1. The third-order valence-corrected chi connectivity index (χ3v) is 4.05. The van der Waals surface area contributed by atoms with Gasteiger partial charge in [-0.1, -0.05) is 24.3 Å². The SMILES string of the molecule is COc1ccccc1Oc1ccc(NC(=O)C[C@@H](O)c2cccc(F)c2)cc1. The average Bonchev–Trinajstić information content (AvgIpc) is 2.70. The first-order valence-electron chi connectivity index (χ1n) is 8.69. The van der Waals surface area contributed by atoms with Crippen LogP contribution in [-0.4, -0.2) is 18.1 Å². The number of methoxy groups -OCH3 is 1. The Morgan fingerprint density at radius 1 is 1.04 bits per heavy atom. The molecule has 2 N–H and O–H groups in total. The molecule has 0 saturated carbocycles. The van der Waals surface area contributed by atoms with Gasteiger partial charge in [-0.3, -0.25) is 4.79 Å². The molecular formula is C22H20FNO4. The minimum absolute atomic E-state index is 0.178. The predicted octanol–water partition coefficient (Wildman–Crippen LogP) is 4.69. The molecule has 5 nitrogen and oxygen atoms in total. The normalized spacial score (nSPS) is 11.5. The summed E-state index contributed by atoms with van der Waals surface area (Å²) in [6, 6.07) is 19.7. The predicted molar refractivity (Wildman–Crippen MR) is 104 cm³/mol. The number of anilines is 1. The van der Waals surface area contributed by atoms with Crippen molar-refractivity contribution in [1.82, 2.24) is 0 Å². The number of para-hydroxylation sites is 2. The van der Waals surface area contributed by atoms with Gasteiger partial charge in [0.25, 0.3) is 0 Å². The van der Waals surface area contributed by atoms with Gasteiger partial charge in [-0.25, -0.2) is 4.39 Å². The Hall–Kier alpha value is -3.38. The van der Waals surface area contributed by atoms with Crippen LogP contribution in [-0.2, 0) is 4.79 Å². The van der Waals surface area contributed by atoms with Gasteiger partial charge >= 0.3 is 0 Å². The van der Waals surface area contributed by atoms with Crippen LogP contribution in [0.5, 0.6) is 17.2 Å². The number of carbonyl (C=O) groups is 1. The second-order valence-corrected chi connectivity index (χ2v) is 6.10. The maximum atomic E-state index is 13.2. The maximum absolute atomic E-state index is 13.2. The standard InChI is InChI=1S/C22H20FNO4/c1-27-20-7-2-3-8-21(20)28-18-11-9-17(10-12-18)24-22(26)14-19(25)15-5-4-6-16(23)13-15/h2-13,19,25H,14H2,1H3,(H,24,26)/t19-/m1/s1. The number of halogens is 1. The number of benzene rings is 3. The lowest BCUT2D eigenvalue weighted by molar-refractivity contribution is -0.118. The fraction of sp³-hybridized carbons (Fsp3) is 0.136. The van der Waals surface area contributed by atoms with Crippen molar-refractivity contribution in [2.24, 2.45) is 0 Å². The molecule has 0 heterocycles. The van der Waals surface area contributed by atoms with E-state index in [2.05, 4.69) is 5.32 Å². The zero-order chi connectivity index (χ0) is 19.9. The van der Waals surface area contributed by atoms with Gasteiger partial charge < -0.3 is 19.9 Å². The average molecular weight is 381 g/mol. The largest absolute Gasteiger partial charge is 0.493 e. The summed E-state index contributed by atoms with van der Waals surface area (Å²) in [7, 11) is 1.57. The lowest BCUT2D eigenvalue weighted by atomic mass is 10.1. The molecule has 0 radical (unpaired) electrons. The zero-order valence-corrected chi connectivity index (χ0v) is 15.3.